The molecule has 0 bridgehead atoms. The van der Waals surface area contributed by atoms with E-state index in [-0.39, 0.29) is 0 Å². The van der Waals surface area contributed by atoms with Gasteiger partial charge >= 0.3 is 0 Å². The summed E-state index contributed by atoms with van der Waals surface area (Å²) >= 11 is 0. The largest absolute Gasteiger partial charge is 0.381 e. The van der Waals surface area contributed by atoms with Gasteiger partial charge in [0.1, 0.15) is 0 Å². The van der Waals surface area contributed by atoms with Gasteiger partial charge in [0, 0.05) is 13.2 Å². The Morgan fingerprint density at radius 2 is 1.65 bits per heavy atom. The van der Waals surface area contributed by atoms with Crippen LogP contribution < -0.4 is 0 Å². The normalized spacial score (nSPS) is 36.1. The highest BCUT2D eigenvalue weighted by molar-refractivity contribution is 4.92. The van der Waals surface area contributed by atoms with Crippen molar-refractivity contribution in [3.05, 3.63) is 0 Å². The van der Waals surface area contributed by atoms with Crippen molar-refractivity contribution in [3.63, 3.8) is 0 Å². The van der Waals surface area contributed by atoms with Gasteiger partial charge in [0.15, 0.2) is 0 Å². The minimum Gasteiger partial charge on any atom is -0.381 e. The van der Waals surface area contributed by atoms with Crippen molar-refractivity contribution in [1.82, 2.24) is 0 Å². The molecule has 10 atom stereocenters. The highest BCUT2D eigenvalue weighted by Crippen LogP contribution is 2.42. The fourth-order valence-electron chi connectivity index (χ4n) is 8.23. The Hall–Kier alpha value is -0.120. The molecule has 2 saturated heterocycles. The maximum absolute atomic E-state index is 6.38. The molecule has 4 fully saturated rings. The summed E-state index contributed by atoms with van der Waals surface area (Å²) in [6, 6.07) is 0. The quantitative estimate of drug-likeness (QED) is 0.186. The van der Waals surface area contributed by atoms with Crippen molar-refractivity contribution in [2.24, 2.45) is 40.9 Å². The molecule has 2 aliphatic carbocycles. The van der Waals surface area contributed by atoms with Gasteiger partial charge in [-0.15, -0.1) is 0 Å². The zero-order chi connectivity index (χ0) is 29.0. The minimum atomic E-state index is 0.364. The van der Waals surface area contributed by atoms with Crippen LogP contribution in [0.5, 0.6) is 0 Å². The molecule has 4 aliphatic rings. The summed E-state index contributed by atoms with van der Waals surface area (Å²) < 4.78 is 17.5. The summed E-state index contributed by atoms with van der Waals surface area (Å²) in [5, 5.41) is 0. The third-order valence-corrected chi connectivity index (χ3v) is 11.3. The van der Waals surface area contributed by atoms with E-state index in [1.807, 2.05) is 0 Å². The smallest absolute Gasteiger partial charge is 0.0845 e. The second-order valence-electron chi connectivity index (χ2n) is 15.4. The molecule has 0 N–H and O–H groups in total. The van der Waals surface area contributed by atoms with E-state index >= 15 is 0 Å². The Kier molecular flexibility index (Phi) is 15.4. The molecule has 40 heavy (non-hydrogen) atoms. The standard InChI is InChI=1S/C29H54O2.C8H16O/c1-6-8-15-29(5,21-30-20-25-12-13-27-28(19-25)31-27)16-14-22(3)17-24-11-10-23(4)26(18-24)9-7-2;1-3-8-4-5-9-7(2)6-8/h22-28H,6-21H2,1-5H3;7-8H,3-6H2,1-2H3. The highest BCUT2D eigenvalue weighted by Gasteiger charge is 2.43. The molecule has 236 valence electrons. The third kappa shape index (κ3) is 12.2. The van der Waals surface area contributed by atoms with E-state index in [2.05, 4.69) is 48.5 Å². The molecular weight excluding hydrogens is 492 g/mol. The predicted octanol–water partition coefficient (Wildman–Crippen LogP) is 10.6. The topological polar surface area (TPSA) is 31.0 Å². The zero-order valence-corrected chi connectivity index (χ0v) is 28.1. The lowest BCUT2D eigenvalue weighted by molar-refractivity contribution is 0.00195. The van der Waals surface area contributed by atoms with E-state index in [0.29, 0.717) is 23.7 Å². The van der Waals surface area contributed by atoms with E-state index in [9.17, 15) is 0 Å². The highest BCUT2D eigenvalue weighted by atomic mass is 16.6. The summed E-state index contributed by atoms with van der Waals surface area (Å²) in [6.07, 6.45) is 24.8. The van der Waals surface area contributed by atoms with E-state index in [1.165, 1.54) is 109 Å². The van der Waals surface area contributed by atoms with Crippen molar-refractivity contribution in [3.8, 4) is 0 Å². The lowest BCUT2D eigenvalue weighted by atomic mass is 9.70. The van der Waals surface area contributed by atoms with Crippen molar-refractivity contribution in [2.75, 3.05) is 19.8 Å². The maximum Gasteiger partial charge on any atom is 0.0845 e. The van der Waals surface area contributed by atoms with Gasteiger partial charge in [0.25, 0.3) is 0 Å². The van der Waals surface area contributed by atoms with Crippen LogP contribution in [0.1, 0.15) is 158 Å². The van der Waals surface area contributed by atoms with Gasteiger partial charge in [0.2, 0.25) is 0 Å². The SMILES string of the molecule is CCC1CCOC(C)C1.CCCCC(C)(CCC(C)CC1CCC(C)C(CCC)C1)COCC1CCC2OC2C1. The van der Waals surface area contributed by atoms with Gasteiger partial charge in [-0.2, -0.15) is 0 Å². The lowest BCUT2D eigenvalue weighted by Gasteiger charge is -2.36. The lowest BCUT2D eigenvalue weighted by Crippen LogP contribution is -2.28. The van der Waals surface area contributed by atoms with Crippen LogP contribution in [0.25, 0.3) is 0 Å². The summed E-state index contributed by atoms with van der Waals surface area (Å²) in [5.74, 6) is 5.49. The van der Waals surface area contributed by atoms with Gasteiger partial charge in [-0.1, -0.05) is 92.9 Å². The fourth-order valence-corrected chi connectivity index (χ4v) is 8.23. The molecule has 3 nitrogen and oxygen atoms in total. The number of unbranched alkanes of at least 4 members (excludes halogenated alkanes) is 1. The van der Waals surface area contributed by atoms with E-state index in [4.69, 9.17) is 14.2 Å². The van der Waals surface area contributed by atoms with E-state index < -0.39 is 0 Å². The summed E-state index contributed by atoms with van der Waals surface area (Å²) in [6.45, 7) is 19.6. The second kappa shape index (κ2) is 17.9. The van der Waals surface area contributed by atoms with Crippen LogP contribution in [0.15, 0.2) is 0 Å². The third-order valence-electron chi connectivity index (χ3n) is 11.3. The maximum atomic E-state index is 6.38. The van der Waals surface area contributed by atoms with E-state index in [1.54, 1.807) is 0 Å². The molecule has 0 amide bonds. The monoisotopic (exact) mass is 563 g/mol. The van der Waals surface area contributed by atoms with Crippen LogP contribution in [0, 0.1) is 40.9 Å². The first kappa shape index (κ1) is 34.4. The molecule has 0 aromatic heterocycles. The minimum absolute atomic E-state index is 0.364. The summed E-state index contributed by atoms with van der Waals surface area (Å²) in [4.78, 5) is 0. The fraction of sp³-hybridized carbons (Fsp3) is 1.00. The van der Waals surface area contributed by atoms with Gasteiger partial charge in [-0.05, 0) is 106 Å². The van der Waals surface area contributed by atoms with Crippen LogP contribution >= 0.6 is 0 Å². The Morgan fingerprint density at radius 1 is 0.850 bits per heavy atom. The Balaban J connectivity index is 0.000000415. The first-order valence-electron chi connectivity index (χ1n) is 18.1. The Bertz CT molecular complexity index is 666. The van der Waals surface area contributed by atoms with Gasteiger partial charge in [0.05, 0.1) is 24.9 Å². The number of hydrogen-bond acceptors (Lipinski definition) is 3. The van der Waals surface area contributed by atoms with Gasteiger partial charge in [-0.25, -0.2) is 0 Å². The molecule has 0 spiro atoms. The number of fused-ring (bicyclic) bond motifs is 1. The molecule has 10 unspecified atom stereocenters. The summed E-state index contributed by atoms with van der Waals surface area (Å²) in [7, 11) is 0. The Labute approximate surface area is 250 Å². The molecule has 2 aliphatic heterocycles. The molecule has 0 radical (unpaired) electrons. The van der Waals surface area contributed by atoms with Crippen molar-refractivity contribution in [2.45, 2.75) is 176 Å². The van der Waals surface area contributed by atoms with Crippen LogP contribution in [-0.2, 0) is 14.2 Å². The van der Waals surface area contributed by atoms with Gasteiger partial charge < -0.3 is 14.2 Å². The molecule has 3 heteroatoms. The molecule has 4 rings (SSSR count). The van der Waals surface area contributed by atoms with E-state index in [0.717, 1.165) is 55.3 Å². The molecule has 2 heterocycles. The van der Waals surface area contributed by atoms with Crippen molar-refractivity contribution in [1.29, 1.82) is 0 Å². The molecule has 0 aromatic rings. The predicted molar refractivity (Wildman–Crippen MR) is 171 cm³/mol. The average Bonchev–Trinajstić information content (AvgIpc) is 3.72. The number of rotatable bonds is 15. The zero-order valence-electron chi connectivity index (χ0n) is 28.1. The summed E-state index contributed by atoms with van der Waals surface area (Å²) in [5.41, 5.74) is 0.364. The molecule has 2 saturated carbocycles. The number of hydrogen-bond donors (Lipinski definition) is 0. The van der Waals surface area contributed by atoms with Crippen molar-refractivity contribution >= 4 is 0 Å². The van der Waals surface area contributed by atoms with Crippen LogP contribution in [0.3, 0.4) is 0 Å². The first-order valence-corrected chi connectivity index (χ1v) is 18.1. The number of ether oxygens (including phenoxy) is 3. The Morgan fingerprint density at radius 3 is 2.33 bits per heavy atom. The van der Waals surface area contributed by atoms with Crippen LogP contribution in [0.4, 0.5) is 0 Å². The molecule has 0 aromatic carbocycles. The number of epoxide rings is 1. The van der Waals surface area contributed by atoms with Crippen molar-refractivity contribution < 1.29 is 14.2 Å². The van der Waals surface area contributed by atoms with Gasteiger partial charge in [-0.3, -0.25) is 0 Å². The van der Waals surface area contributed by atoms with Crippen LogP contribution in [-0.4, -0.2) is 38.1 Å². The second-order valence-corrected chi connectivity index (χ2v) is 15.4. The molecular formula is C37H70O3. The van der Waals surface area contributed by atoms with Crippen LogP contribution in [0.2, 0.25) is 0 Å². The first-order chi connectivity index (χ1) is 19.2. The average molecular weight is 563 g/mol.